The van der Waals surface area contributed by atoms with E-state index in [1.165, 1.54) is 0 Å². The molecule has 0 aliphatic heterocycles. The van der Waals surface area contributed by atoms with Crippen LogP contribution in [0.15, 0.2) is 30.5 Å². The number of benzene rings is 1. The topological polar surface area (TPSA) is 53.3 Å². The van der Waals surface area contributed by atoms with Crippen LogP contribution in [0.2, 0.25) is 0 Å². The molecule has 5 heteroatoms. The maximum Gasteiger partial charge on any atom is 0.341 e. The summed E-state index contributed by atoms with van der Waals surface area (Å²) in [5.41, 5.74) is 2.41. The average Bonchev–Trinajstić information content (AvgIpc) is 2.81. The number of carbonyl (C=O) groups is 1. The van der Waals surface area contributed by atoms with E-state index in [1.807, 2.05) is 31.2 Å². The molecule has 20 heavy (non-hydrogen) atoms. The highest BCUT2D eigenvalue weighted by Gasteiger charge is 2.15. The lowest BCUT2D eigenvalue weighted by atomic mass is 10.2. The van der Waals surface area contributed by atoms with Gasteiger partial charge in [0.2, 0.25) is 0 Å². The van der Waals surface area contributed by atoms with Crippen LogP contribution in [-0.2, 0) is 11.3 Å². The minimum atomic E-state index is -0.328. The summed E-state index contributed by atoms with van der Waals surface area (Å²) in [5.74, 6) is 0.490. The summed E-state index contributed by atoms with van der Waals surface area (Å²) >= 11 is 0. The molecule has 0 N–H and O–H groups in total. The van der Waals surface area contributed by atoms with Gasteiger partial charge in [-0.2, -0.15) is 5.10 Å². The van der Waals surface area contributed by atoms with Crippen LogP contribution in [0.3, 0.4) is 0 Å². The Morgan fingerprint density at radius 3 is 2.60 bits per heavy atom. The fourth-order valence-electron chi connectivity index (χ4n) is 1.92. The van der Waals surface area contributed by atoms with Gasteiger partial charge in [-0.3, -0.25) is 4.68 Å². The fraction of sp³-hybridized carbons (Fsp3) is 0.333. The van der Waals surface area contributed by atoms with Crippen molar-refractivity contribution in [2.45, 2.75) is 20.4 Å². The van der Waals surface area contributed by atoms with Crippen LogP contribution in [0.5, 0.6) is 5.75 Å². The molecule has 2 rings (SSSR count). The van der Waals surface area contributed by atoms with Crippen LogP contribution in [-0.4, -0.2) is 29.5 Å². The molecule has 1 heterocycles. The van der Waals surface area contributed by atoms with Crippen LogP contribution in [0, 0.1) is 6.92 Å². The van der Waals surface area contributed by atoms with Crippen molar-refractivity contribution in [3.8, 4) is 5.75 Å². The zero-order valence-electron chi connectivity index (χ0n) is 11.9. The van der Waals surface area contributed by atoms with Crippen LogP contribution in [0.1, 0.15) is 28.5 Å². The van der Waals surface area contributed by atoms with Crippen molar-refractivity contribution in [1.82, 2.24) is 9.78 Å². The Morgan fingerprint density at radius 1 is 1.30 bits per heavy atom. The van der Waals surface area contributed by atoms with E-state index in [1.54, 1.807) is 24.9 Å². The third-order valence-electron chi connectivity index (χ3n) is 3.09. The Kier molecular flexibility index (Phi) is 4.40. The lowest BCUT2D eigenvalue weighted by molar-refractivity contribution is 0.0525. The number of ether oxygens (including phenoxy) is 2. The third kappa shape index (κ3) is 2.99. The van der Waals surface area contributed by atoms with Gasteiger partial charge in [-0.05, 0) is 31.5 Å². The first-order valence-corrected chi connectivity index (χ1v) is 6.48. The van der Waals surface area contributed by atoms with Crippen molar-refractivity contribution in [1.29, 1.82) is 0 Å². The molecule has 0 fully saturated rings. The van der Waals surface area contributed by atoms with E-state index in [0.717, 1.165) is 17.0 Å². The van der Waals surface area contributed by atoms with Gasteiger partial charge in [0.25, 0.3) is 0 Å². The second-order valence-corrected chi connectivity index (χ2v) is 4.37. The predicted molar refractivity (Wildman–Crippen MR) is 75.0 cm³/mol. The van der Waals surface area contributed by atoms with Crippen molar-refractivity contribution < 1.29 is 14.3 Å². The van der Waals surface area contributed by atoms with Gasteiger partial charge in [-0.15, -0.1) is 0 Å². The lowest BCUT2D eigenvalue weighted by Crippen LogP contribution is -2.08. The highest BCUT2D eigenvalue weighted by atomic mass is 16.5. The van der Waals surface area contributed by atoms with Crippen LogP contribution in [0.25, 0.3) is 0 Å². The Morgan fingerprint density at radius 2 is 2.00 bits per heavy atom. The van der Waals surface area contributed by atoms with E-state index >= 15 is 0 Å². The van der Waals surface area contributed by atoms with Gasteiger partial charge in [0.05, 0.1) is 32.2 Å². The maximum atomic E-state index is 11.7. The Balaban J connectivity index is 2.15. The van der Waals surface area contributed by atoms with Gasteiger partial charge in [0, 0.05) is 0 Å². The predicted octanol–water partition coefficient (Wildman–Crippen LogP) is 2.43. The highest BCUT2D eigenvalue weighted by molar-refractivity contribution is 5.90. The molecule has 0 aliphatic rings. The quantitative estimate of drug-likeness (QED) is 0.786. The van der Waals surface area contributed by atoms with Gasteiger partial charge in [-0.25, -0.2) is 4.79 Å². The molecule has 0 amide bonds. The minimum Gasteiger partial charge on any atom is -0.497 e. The lowest BCUT2D eigenvalue weighted by Gasteiger charge is -2.07. The standard InChI is InChI=1S/C15H18N2O3/c1-4-20-15(18)14-9-16-17(11(14)2)10-12-5-7-13(19-3)8-6-12/h5-9H,4,10H2,1-3H3. The fourth-order valence-corrected chi connectivity index (χ4v) is 1.92. The van der Waals surface area contributed by atoms with Gasteiger partial charge < -0.3 is 9.47 Å². The minimum absolute atomic E-state index is 0.328. The molecule has 0 unspecified atom stereocenters. The Bertz CT molecular complexity index is 588. The highest BCUT2D eigenvalue weighted by Crippen LogP contribution is 2.14. The molecule has 0 radical (unpaired) electrons. The molecule has 5 nitrogen and oxygen atoms in total. The Hall–Kier alpha value is -2.30. The summed E-state index contributed by atoms with van der Waals surface area (Å²) in [6.45, 7) is 4.62. The molecule has 106 valence electrons. The molecular weight excluding hydrogens is 256 g/mol. The first kappa shape index (κ1) is 14.1. The molecule has 0 saturated carbocycles. The zero-order valence-corrected chi connectivity index (χ0v) is 11.9. The molecule has 0 saturated heterocycles. The molecule has 0 spiro atoms. The van der Waals surface area contributed by atoms with Crippen LogP contribution >= 0.6 is 0 Å². The van der Waals surface area contributed by atoms with E-state index in [9.17, 15) is 4.79 Å². The number of nitrogens with zero attached hydrogens (tertiary/aromatic N) is 2. The number of methoxy groups -OCH3 is 1. The van der Waals surface area contributed by atoms with Gasteiger partial charge in [-0.1, -0.05) is 12.1 Å². The van der Waals surface area contributed by atoms with Crippen molar-refractivity contribution in [3.63, 3.8) is 0 Å². The number of esters is 1. The molecular formula is C15H18N2O3. The normalized spacial score (nSPS) is 10.3. The van der Waals surface area contributed by atoms with E-state index < -0.39 is 0 Å². The first-order valence-electron chi connectivity index (χ1n) is 6.48. The summed E-state index contributed by atoms with van der Waals surface area (Å²) in [6, 6.07) is 7.76. The average molecular weight is 274 g/mol. The van der Waals surface area contributed by atoms with Gasteiger partial charge >= 0.3 is 5.97 Å². The van der Waals surface area contributed by atoms with Crippen molar-refractivity contribution >= 4 is 5.97 Å². The monoisotopic (exact) mass is 274 g/mol. The van der Waals surface area contributed by atoms with Crippen molar-refractivity contribution in [2.24, 2.45) is 0 Å². The number of hydrogen-bond donors (Lipinski definition) is 0. The summed E-state index contributed by atoms with van der Waals surface area (Å²) in [6.07, 6.45) is 1.55. The van der Waals surface area contributed by atoms with E-state index in [-0.39, 0.29) is 5.97 Å². The molecule has 0 aliphatic carbocycles. The summed E-state index contributed by atoms with van der Waals surface area (Å²) in [7, 11) is 1.64. The summed E-state index contributed by atoms with van der Waals surface area (Å²) in [4.78, 5) is 11.7. The molecule has 0 atom stereocenters. The van der Waals surface area contributed by atoms with Gasteiger partial charge in [0.1, 0.15) is 11.3 Å². The number of aromatic nitrogens is 2. The molecule has 1 aromatic heterocycles. The second kappa shape index (κ2) is 6.23. The number of hydrogen-bond acceptors (Lipinski definition) is 4. The van der Waals surface area contributed by atoms with E-state index in [2.05, 4.69) is 5.10 Å². The number of rotatable bonds is 5. The second-order valence-electron chi connectivity index (χ2n) is 4.37. The van der Waals surface area contributed by atoms with Crippen LogP contribution < -0.4 is 4.74 Å². The third-order valence-corrected chi connectivity index (χ3v) is 3.09. The molecule has 1 aromatic carbocycles. The number of carbonyl (C=O) groups excluding carboxylic acids is 1. The maximum absolute atomic E-state index is 11.7. The SMILES string of the molecule is CCOC(=O)c1cnn(Cc2ccc(OC)cc2)c1C. The van der Waals surface area contributed by atoms with Crippen molar-refractivity contribution in [2.75, 3.05) is 13.7 Å². The Labute approximate surface area is 118 Å². The molecule has 2 aromatic rings. The van der Waals surface area contributed by atoms with Gasteiger partial charge in [0.15, 0.2) is 0 Å². The largest absolute Gasteiger partial charge is 0.497 e. The summed E-state index contributed by atoms with van der Waals surface area (Å²) < 4.78 is 11.9. The first-order chi connectivity index (χ1) is 9.65. The van der Waals surface area contributed by atoms with E-state index in [0.29, 0.717) is 18.7 Å². The summed E-state index contributed by atoms with van der Waals surface area (Å²) in [5, 5.41) is 4.24. The van der Waals surface area contributed by atoms with Crippen molar-refractivity contribution in [3.05, 3.63) is 47.3 Å². The van der Waals surface area contributed by atoms with E-state index in [4.69, 9.17) is 9.47 Å². The van der Waals surface area contributed by atoms with Crippen LogP contribution in [0.4, 0.5) is 0 Å². The smallest absolute Gasteiger partial charge is 0.341 e. The zero-order chi connectivity index (χ0) is 14.5. The molecule has 0 bridgehead atoms.